The number of anilines is 1. The second-order valence-corrected chi connectivity index (χ2v) is 9.08. The normalized spacial score (nSPS) is 22.7. The molecule has 0 radical (unpaired) electrons. The lowest BCUT2D eigenvalue weighted by Crippen LogP contribution is -2.31. The van der Waals surface area contributed by atoms with Gasteiger partial charge in [-0.15, -0.1) is 0 Å². The maximum atomic E-state index is 12.4. The number of nitrogens with zero attached hydrogens (tertiary/aromatic N) is 2. The molecule has 160 valence electrons. The molecular weight excluding hydrogens is 376 g/mol. The van der Waals surface area contributed by atoms with E-state index in [-0.39, 0.29) is 12.0 Å². The van der Waals surface area contributed by atoms with Crippen molar-refractivity contribution in [2.75, 3.05) is 18.5 Å². The number of benzene rings is 1. The number of ether oxygens (including phenoxy) is 1. The van der Waals surface area contributed by atoms with Gasteiger partial charge in [-0.2, -0.15) is 5.10 Å². The number of carbonyl (C=O) groups excluding carboxylic acids is 1. The third kappa shape index (κ3) is 4.30. The standard InChI is InChI=1S/C24H32N4O2/c29-24(22-7-4-12-30-22)26-21-9-8-17-10-11-28(15-19(17)13-21)16-20-14-25-27-23(20)18-5-2-1-3-6-18/h8-9,13-14,18,22H,1-7,10-12,15-16H2,(H,25,27)(H,26,29). The van der Waals surface area contributed by atoms with Crippen molar-refractivity contribution in [2.45, 2.75) is 76.5 Å². The van der Waals surface area contributed by atoms with Gasteiger partial charge in [0.2, 0.25) is 0 Å². The minimum absolute atomic E-state index is 0.0179. The van der Waals surface area contributed by atoms with Gasteiger partial charge in [0.1, 0.15) is 6.10 Å². The molecule has 1 amide bonds. The Morgan fingerprint density at radius 2 is 2.07 bits per heavy atom. The molecule has 1 aromatic carbocycles. The number of fused-ring (bicyclic) bond motifs is 1. The average Bonchev–Trinajstić information content (AvgIpc) is 3.47. The van der Waals surface area contributed by atoms with Gasteiger partial charge in [-0.05, 0) is 55.4 Å². The van der Waals surface area contributed by atoms with Crippen LogP contribution in [0.1, 0.15) is 73.2 Å². The molecule has 1 aliphatic carbocycles. The van der Waals surface area contributed by atoms with Crippen LogP contribution in [0.5, 0.6) is 0 Å². The number of nitrogens with one attached hydrogen (secondary N) is 2. The van der Waals surface area contributed by atoms with Crippen LogP contribution in [0.3, 0.4) is 0 Å². The van der Waals surface area contributed by atoms with Gasteiger partial charge in [0, 0.05) is 49.1 Å². The summed E-state index contributed by atoms with van der Waals surface area (Å²) in [6, 6.07) is 6.34. The van der Waals surface area contributed by atoms with Crippen LogP contribution in [0.4, 0.5) is 5.69 Å². The highest BCUT2D eigenvalue weighted by Crippen LogP contribution is 2.34. The number of aromatic nitrogens is 2. The zero-order valence-electron chi connectivity index (χ0n) is 17.7. The van der Waals surface area contributed by atoms with Crippen LogP contribution in [0.2, 0.25) is 0 Å². The lowest BCUT2D eigenvalue weighted by atomic mass is 9.85. The summed E-state index contributed by atoms with van der Waals surface area (Å²) in [4.78, 5) is 14.9. The molecule has 1 saturated heterocycles. The predicted molar refractivity (Wildman–Crippen MR) is 116 cm³/mol. The lowest BCUT2D eigenvalue weighted by Gasteiger charge is -2.30. The van der Waals surface area contributed by atoms with E-state index in [9.17, 15) is 4.79 Å². The number of hydrogen-bond donors (Lipinski definition) is 2. The van der Waals surface area contributed by atoms with Gasteiger partial charge in [0.05, 0.1) is 6.20 Å². The number of amides is 1. The second-order valence-electron chi connectivity index (χ2n) is 9.08. The van der Waals surface area contributed by atoms with E-state index < -0.39 is 0 Å². The first kappa shape index (κ1) is 19.8. The molecule has 6 nitrogen and oxygen atoms in total. The Morgan fingerprint density at radius 1 is 1.17 bits per heavy atom. The maximum Gasteiger partial charge on any atom is 0.253 e. The Morgan fingerprint density at radius 3 is 2.90 bits per heavy atom. The van der Waals surface area contributed by atoms with Crippen LogP contribution in [-0.2, 0) is 29.0 Å². The topological polar surface area (TPSA) is 70.2 Å². The molecule has 2 aromatic rings. The van der Waals surface area contributed by atoms with E-state index in [0.29, 0.717) is 12.5 Å². The Bertz CT molecular complexity index is 881. The summed E-state index contributed by atoms with van der Waals surface area (Å²) in [6.07, 6.45) is 11.2. The second kappa shape index (κ2) is 8.90. The van der Waals surface area contributed by atoms with Gasteiger partial charge in [-0.25, -0.2) is 0 Å². The zero-order valence-corrected chi connectivity index (χ0v) is 17.7. The largest absolute Gasteiger partial charge is 0.368 e. The molecule has 3 heterocycles. The first-order valence-corrected chi connectivity index (χ1v) is 11.5. The Kier molecular flexibility index (Phi) is 5.86. The van der Waals surface area contributed by atoms with Crippen molar-refractivity contribution in [3.8, 4) is 0 Å². The number of rotatable bonds is 5. The summed E-state index contributed by atoms with van der Waals surface area (Å²) in [5, 5.41) is 10.7. The minimum Gasteiger partial charge on any atom is -0.368 e. The van der Waals surface area contributed by atoms with E-state index in [1.807, 2.05) is 12.3 Å². The molecule has 1 aromatic heterocycles. The molecule has 5 rings (SSSR count). The van der Waals surface area contributed by atoms with E-state index >= 15 is 0 Å². The van der Waals surface area contributed by atoms with Gasteiger partial charge >= 0.3 is 0 Å². The van der Waals surface area contributed by atoms with Crippen molar-refractivity contribution in [1.82, 2.24) is 15.1 Å². The highest BCUT2D eigenvalue weighted by Gasteiger charge is 2.25. The maximum absolute atomic E-state index is 12.4. The van der Waals surface area contributed by atoms with Crippen molar-refractivity contribution < 1.29 is 9.53 Å². The molecular formula is C24H32N4O2. The van der Waals surface area contributed by atoms with Crippen LogP contribution >= 0.6 is 0 Å². The van der Waals surface area contributed by atoms with Gasteiger partial charge in [-0.3, -0.25) is 14.8 Å². The van der Waals surface area contributed by atoms with Crippen molar-refractivity contribution >= 4 is 11.6 Å². The van der Waals surface area contributed by atoms with E-state index in [0.717, 1.165) is 44.6 Å². The summed E-state index contributed by atoms with van der Waals surface area (Å²) in [7, 11) is 0. The Balaban J connectivity index is 1.25. The third-order valence-corrected chi connectivity index (χ3v) is 6.95. The smallest absolute Gasteiger partial charge is 0.253 e. The minimum atomic E-state index is -0.295. The molecule has 3 aliphatic rings. The average molecular weight is 409 g/mol. The predicted octanol–water partition coefficient (Wildman–Crippen LogP) is 4.13. The monoisotopic (exact) mass is 408 g/mol. The quantitative estimate of drug-likeness (QED) is 0.780. The number of aromatic amines is 1. The van der Waals surface area contributed by atoms with Crippen LogP contribution in [0, 0.1) is 0 Å². The first-order valence-electron chi connectivity index (χ1n) is 11.5. The highest BCUT2D eigenvalue weighted by atomic mass is 16.5. The molecule has 30 heavy (non-hydrogen) atoms. The van der Waals surface area contributed by atoms with E-state index in [1.54, 1.807) is 0 Å². The molecule has 6 heteroatoms. The van der Waals surface area contributed by atoms with Crippen LogP contribution in [-0.4, -0.2) is 40.3 Å². The fourth-order valence-electron chi connectivity index (χ4n) is 5.27. The SMILES string of the molecule is O=C(Nc1ccc2c(c1)CN(Cc1cn[nH]c1C1CCCCC1)CC2)C1CCCO1. The highest BCUT2D eigenvalue weighted by molar-refractivity contribution is 5.94. The molecule has 1 unspecified atom stereocenters. The molecule has 0 bridgehead atoms. The van der Waals surface area contributed by atoms with E-state index in [2.05, 4.69) is 32.5 Å². The molecule has 1 atom stereocenters. The summed E-state index contributed by atoms with van der Waals surface area (Å²) in [6.45, 7) is 3.60. The van der Waals surface area contributed by atoms with E-state index in [1.165, 1.54) is 54.5 Å². The molecule has 1 saturated carbocycles. The fraction of sp³-hybridized carbons (Fsp3) is 0.583. The van der Waals surface area contributed by atoms with Crippen LogP contribution in [0.15, 0.2) is 24.4 Å². The molecule has 2 aliphatic heterocycles. The van der Waals surface area contributed by atoms with Crippen LogP contribution < -0.4 is 5.32 Å². The van der Waals surface area contributed by atoms with Crippen molar-refractivity contribution in [1.29, 1.82) is 0 Å². The molecule has 0 spiro atoms. The van der Waals surface area contributed by atoms with Crippen molar-refractivity contribution in [2.24, 2.45) is 0 Å². The number of carbonyl (C=O) groups is 1. The summed E-state index contributed by atoms with van der Waals surface area (Å²) in [5.41, 5.74) is 6.30. The Labute approximate surface area is 178 Å². The first-order chi connectivity index (χ1) is 14.8. The number of hydrogen-bond acceptors (Lipinski definition) is 4. The molecule has 2 fully saturated rings. The molecule has 2 N–H and O–H groups in total. The van der Waals surface area contributed by atoms with Gasteiger partial charge in [-0.1, -0.05) is 25.3 Å². The summed E-state index contributed by atoms with van der Waals surface area (Å²) >= 11 is 0. The van der Waals surface area contributed by atoms with E-state index in [4.69, 9.17) is 4.74 Å². The summed E-state index contributed by atoms with van der Waals surface area (Å²) < 4.78 is 5.51. The fourth-order valence-corrected chi connectivity index (χ4v) is 5.27. The van der Waals surface area contributed by atoms with Gasteiger partial charge in [0.15, 0.2) is 0 Å². The van der Waals surface area contributed by atoms with Gasteiger partial charge in [0.25, 0.3) is 5.91 Å². The van der Waals surface area contributed by atoms with Gasteiger partial charge < -0.3 is 10.1 Å². The lowest BCUT2D eigenvalue weighted by molar-refractivity contribution is -0.124. The van der Waals surface area contributed by atoms with Crippen molar-refractivity contribution in [3.05, 3.63) is 46.8 Å². The number of H-pyrrole nitrogens is 1. The third-order valence-electron chi connectivity index (χ3n) is 6.95. The van der Waals surface area contributed by atoms with Crippen LogP contribution in [0.25, 0.3) is 0 Å². The van der Waals surface area contributed by atoms with Crippen molar-refractivity contribution in [3.63, 3.8) is 0 Å². The summed E-state index contributed by atoms with van der Waals surface area (Å²) in [5.74, 6) is 0.628. The Hall–Kier alpha value is -2.18. The zero-order chi connectivity index (χ0) is 20.3.